The first-order valence-corrected chi connectivity index (χ1v) is 7.10. The van der Waals surface area contributed by atoms with Gasteiger partial charge in [0.15, 0.2) is 6.26 Å². The number of hydrogen-bond donors (Lipinski definition) is 1. The van der Waals surface area contributed by atoms with Crippen LogP contribution in [0, 0.1) is 0 Å². The summed E-state index contributed by atoms with van der Waals surface area (Å²) in [6.45, 7) is 2.67. The van der Waals surface area contributed by atoms with Gasteiger partial charge in [0.2, 0.25) is 0 Å². The first-order chi connectivity index (χ1) is 11.3. The van der Waals surface area contributed by atoms with E-state index in [1.807, 2.05) is 4.90 Å². The standard InChI is InChI=1S/C14H13N5O4/c20-12-9-1-2-15-7-10(9)16-13(18-12)23-11-8-22-14(17-11)19-3-5-21-6-4-19/h1-2,7-8H,3-6H2,(H,16,18,20). The van der Waals surface area contributed by atoms with Crippen LogP contribution in [-0.2, 0) is 4.74 Å². The molecule has 0 unspecified atom stereocenters. The van der Waals surface area contributed by atoms with E-state index in [1.54, 1.807) is 6.07 Å². The number of nitrogens with one attached hydrogen (secondary N) is 1. The zero-order valence-electron chi connectivity index (χ0n) is 12.1. The second kappa shape index (κ2) is 5.69. The summed E-state index contributed by atoms with van der Waals surface area (Å²) in [6, 6.07) is 2.09. The summed E-state index contributed by atoms with van der Waals surface area (Å²) in [5, 5.41) is 0.446. The molecule has 4 rings (SSSR count). The molecule has 1 N–H and O–H groups in total. The van der Waals surface area contributed by atoms with Crippen molar-refractivity contribution in [3.63, 3.8) is 0 Å². The predicted octanol–water partition coefficient (Wildman–Crippen LogP) is 0.935. The fourth-order valence-electron chi connectivity index (χ4n) is 2.31. The van der Waals surface area contributed by atoms with Crippen molar-refractivity contribution in [2.24, 2.45) is 0 Å². The number of ether oxygens (including phenoxy) is 2. The molecule has 3 aromatic heterocycles. The Kier molecular flexibility index (Phi) is 3.39. The van der Waals surface area contributed by atoms with Gasteiger partial charge in [-0.2, -0.15) is 9.97 Å². The minimum Gasteiger partial charge on any atom is -0.428 e. The molecule has 0 radical (unpaired) electrons. The zero-order valence-corrected chi connectivity index (χ0v) is 12.1. The highest BCUT2D eigenvalue weighted by molar-refractivity contribution is 5.76. The zero-order chi connectivity index (χ0) is 15.6. The molecular weight excluding hydrogens is 302 g/mol. The maximum atomic E-state index is 12.0. The molecule has 3 aromatic rings. The van der Waals surface area contributed by atoms with E-state index in [0.29, 0.717) is 43.2 Å². The van der Waals surface area contributed by atoms with E-state index < -0.39 is 0 Å². The number of nitrogens with zero attached hydrogens (tertiary/aromatic N) is 4. The largest absolute Gasteiger partial charge is 0.428 e. The van der Waals surface area contributed by atoms with Crippen molar-refractivity contribution in [3.05, 3.63) is 35.1 Å². The van der Waals surface area contributed by atoms with Gasteiger partial charge in [0, 0.05) is 19.3 Å². The number of rotatable bonds is 3. The summed E-state index contributed by atoms with van der Waals surface area (Å²) < 4.78 is 16.2. The number of hydrogen-bond acceptors (Lipinski definition) is 8. The molecule has 23 heavy (non-hydrogen) atoms. The van der Waals surface area contributed by atoms with Gasteiger partial charge in [-0.25, -0.2) is 0 Å². The summed E-state index contributed by atoms with van der Waals surface area (Å²) in [6.07, 6.45) is 4.41. The van der Waals surface area contributed by atoms with Crippen molar-refractivity contribution in [1.82, 2.24) is 19.9 Å². The fraction of sp³-hybridized carbons (Fsp3) is 0.286. The smallest absolute Gasteiger partial charge is 0.304 e. The van der Waals surface area contributed by atoms with Crippen molar-refractivity contribution in [2.45, 2.75) is 0 Å². The minimum absolute atomic E-state index is 0.0392. The molecule has 0 saturated carbocycles. The molecule has 0 aromatic carbocycles. The molecule has 1 aliphatic rings. The Morgan fingerprint density at radius 1 is 1.26 bits per heavy atom. The van der Waals surface area contributed by atoms with Gasteiger partial charge in [-0.1, -0.05) is 0 Å². The van der Waals surface area contributed by atoms with Crippen molar-refractivity contribution in [1.29, 1.82) is 0 Å². The average molecular weight is 315 g/mol. The molecule has 4 heterocycles. The third kappa shape index (κ3) is 2.73. The number of aromatic nitrogens is 4. The number of H-pyrrole nitrogens is 1. The third-order valence-corrected chi connectivity index (χ3v) is 3.44. The van der Waals surface area contributed by atoms with E-state index in [1.165, 1.54) is 18.7 Å². The molecule has 118 valence electrons. The molecule has 9 nitrogen and oxygen atoms in total. The van der Waals surface area contributed by atoms with Crippen LogP contribution in [0.1, 0.15) is 0 Å². The third-order valence-electron chi connectivity index (χ3n) is 3.44. The molecule has 0 bridgehead atoms. The van der Waals surface area contributed by atoms with E-state index in [-0.39, 0.29) is 17.4 Å². The summed E-state index contributed by atoms with van der Waals surface area (Å²) >= 11 is 0. The Morgan fingerprint density at radius 3 is 3.00 bits per heavy atom. The molecule has 0 atom stereocenters. The normalized spacial score (nSPS) is 15.0. The highest BCUT2D eigenvalue weighted by Crippen LogP contribution is 2.22. The lowest BCUT2D eigenvalue weighted by Crippen LogP contribution is -2.36. The van der Waals surface area contributed by atoms with Crippen molar-refractivity contribution >= 4 is 16.9 Å². The van der Waals surface area contributed by atoms with Crippen molar-refractivity contribution in [2.75, 3.05) is 31.2 Å². The fourth-order valence-corrected chi connectivity index (χ4v) is 2.31. The van der Waals surface area contributed by atoms with E-state index >= 15 is 0 Å². The molecule has 9 heteroatoms. The van der Waals surface area contributed by atoms with Gasteiger partial charge in [-0.15, -0.1) is 0 Å². The van der Waals surface area contributed by atoms with E-state index in [4.69, 9.17) is 13.9 Å². The van der Waals surface area contributed by atoms with Crippen LogP contribution in [0.3, 0.4) is 0 Å². The lowest BCUT2D eigenvalue weighted by molar-refractivity contribution is 0.120. The molecule has 1 saturated heterocycles. The summed E-state index contributed by atoms with van der Waals surface area (Å²) in [5.41, 5.74) is 0.146. The second-order valence-corrected chi connectivity index (χ2v) is 4.93. The quantitative estimate of drug-likeness (QED) is 0.761. The Labute approximate surface area is 129 Å². The lowest BCUT2D eigenvalue weighted by atomic mass is 10.3. The van der Waals surface area contributed by atoms with Crippen LogP contribution >= 0.6 is 0 Å². The first-order valence-electron chi connectivity index (χ1n) is 7.10. The number of oxazole rings is 1. The van der Waals surface area contributed by atoms with Gasteiger partial charge < -0.3 is 18.8 Å². The van der Waals surface area contributed by atoms with Gasteiger partial charge in [0.1, 0.15) is 0 Å². The molecule has 0 amide bonds. The predicted molar refractivity (Wildman–Crippen MR) is 79.8 cm³/mol. The summed E-state index contributed by atoms with van der Waals surface area (Å²) in [5.74, 6) is 0.220. The number of pyridine rings is 1. The number of anilines is 1. The molecule has 0 aliphatic carbocycles. The van der Waals surface area contributed by atoms with Gasteiger partial charge in [-0.3, -0.25) is 14.8 Å². The van der Waals surface area contributed by atoms with Crippen LogP contribution in [-0.4, -0.2) is 46.2 Å². The Morgan fingerprint density at radius 2 is 2.13 bits per heavy atom. The lowest BCUT2D eigenvalue weighted by Gasteiger charge is -2.24. The van der Waals surface area contributed by atoms with Crippen LogP contribution in [0.25, 0.3) is 10.9 Å². The van der Waals surface area contributed by atoms with Gasteiger partial charge in [0.25, 0.3) is 11.4 Å². The van der Waals surface area contributed by atoms with E-state index in [2.05, 4.69) is 19.9 Å². The molecule has 1 fully saturated rings. The average Bonchev–Trinajstić information content (AvgIpc) is 3.04. The Bertz CT molecular complexity index is 884. The minimum atomic E-state index is -0.302. The van der Waals surface area contributed by atoms with Crippen LogP contribution in [0.4, 0.5) is 6.01 Å². The molecule has 1 aliphatic heterocycles. The SMILES string of the molecule is O=c1[nH]c(Oc2coc(N3CCOCC3)n2)nc2cnccc12. The van der Waals surface area contributed by atoms with Crippen LogP contribution in [0.15, 0.2) is 33.9 Å². The Hall–Kier alpha value is -2.94. The number of aromatic amines is 1. The van der Waals surface area contributed by atoms with Crippen LogP contribution < -0.4 is 15.2 Å². The highest BCUT2D eigenvalue weighted by atomic mass is 16.5. The summed E-state index contributed by atoms with van der Waals surface area (Å²) in [4.78, 5) is 28.9. The second-order valence-electron chi connectivity index (χ2n) is 4.93. The maximum Gasteiger partial charge on any atom is 0.304 e. The van der Waals surface area contributed by atoms with E-state index in [9.17, 15) is 4.79 Å². The van der Waals surface area contributed by atoms with Crippen LogP contribution in [0.5, 0.6) is 11.9 Å². The maximum absolute atomic E-state index is 12.0. The van der Waals surface area contributed by atoms with Gasteiger partial charge in [0.05, 0.1) is 30.3 Å². The number of morpholine rings is 1. The van der Waals surface area contributed by atoms with Gasteiger partial charge in [-0.05, 0) is 6.07 Å². The van der Waals surface area contributed by atoms with Crippen molar-refractivity contribution < 1.29 is 13.9 Å². The van der Waals surface area contributed by atoms with Gasteiger partial charge >= 0.3 is 12.0 Å². The summed E-state index contributed by atoms with van der Waals surface area (Å²) in [7, 11) is 0. The van der Waals surface area contributed by atoms with E-state index in [0.717, 1.165) is 0 Å². The number of fused-ring (bicyclic) bond motifs is 1. The Balaban J connectivity index is 1.58. The van der Waals surface area contributed by atoms with Crippen molar-refractivity contribution in [3.8, 4) is 11.9 Å². The highest BCUT2D eigenvalue weighted by Gasteiger charge is 2.17. The first kappa shape index (κ1) is 13.7. The van der Waals surface area contributed by atoms with Crippen LogP contribution in [0.2, 0.25) is 0 Å². The topological polar surface area (TPSA) is 106 Å². The molecule has 0 spiro atoms. The monoisotopic (exact) mass is 315 g/mol. The molecular formula is C14H13N5O4.